The van der Waals surface area contributed by atoms with E-state index < -0.39 is 0 Å². The molecule has 2 aromatic rings. The summed E-state index contributed by atoms with van der Waals surface area (Å²) in [5.74, 6) is 0. The molecule has 0 aliphatic rings. The first kappa shape index (κ1) is 14.1. The molecule has 1 unspecified atom stereocenters. The molecule has 100 valence electrons. The lowest BCUT2D eigenvalue weighted by atomic mass is 9.85. The first-order valence-corrected chi connectivity index (χ1v) is 6.87. The summed E-state index contributed by atoms with van der Waals surface area (Å²) in [5, 5.41) is 0.758. The zero-order valence-corrected chi connectivity index (χ0v) is 12.5. The smallest absolute Gasteiger partial charge is 0.0421 e. The van der Waals surface area contributed by atoms with Gasteiger partial charge >= 0.3 is 0 Å². The molecule has 2 aromatic carbocycles. The topological polar surface area (TPSA) is 26.0 Å². The highest BCUT2D eigenvalue weighted by Gasteiger charge is 2.22. The second kappa shape index (κ2) is 5.36. The number of benzene rings is 2. The standard InChI is InChI=1S/C17H20ClN/c1-12-4-7-15(10-13(12)2)17(3,19)11-14-5-8-16(18)9-6-14/h4-10H,11,19H2,1-3H3. The van der Waals surface area contributed by atoms with Crippen LogP contribution in [0.4, 0.5) is 0 Å². The third-order valence-corrected chi connectivity index (χ3v) is 3.90. The summed E-state index contributed by atoms with van der Waals surface area (Å²) >= 11 is 5.91. The lowest BCUT2D eigenvalue weighted by Crippen LogP contribution is -2.35. The molecule has 0 spiro atoms. The first-order valence-electron chi connectivity index (χ1n) is 6.49. The number of hydrogen-bond acceptors (Lipinski definition) is 1. The summed E-state index contributed by atoms with van der Waals surface area (Å²) < 4.78 is 0. The molecule has 1 nitrogen and oxygen atoms in total. The maximum absolute atomic E-state index is 6.49. The van der Waals surface area contributed by atoms with Crippen molar-refractivity contribution in [1.29, 1.82) is 0 Å². The lowest BCUT2D eigenvalue weighted by molar-refractivity contribution is 0.491. The van der Waals surface area contributed by atoms with Gasteiger partial charge in [0.15, 0.2) is 0 Å². The number of rotatable bonds is 3. The van der Waals surface area contributed by atoms with Crippen molar-refractivity contribution >= 4 is 11.6 Å². The van der Waals surface area contributed by atoms with Crippen molar-refractivity contribution in [3.05, 3.63) is 69.7 Å². The zero-order valence-electron chi connectivity index (χ0n) is 11.7. The molecule has 0 saturated carbocycles. The third-order valence-electron chi connectivity index (χ3n) is 3.65. The highest BCUT2D eigenvalue weighted by atomic mass is 35.5. The molecule has 0 bridgehead atoms. The van der Waals surface area contributed by atoms with E-state index in [0.29, 0.717) is 0 Å². The van der Waals surface area contributed by atoms with Gasteiger partial charge in [0.1, 0.15) is 0 Å². The SMILES string of the molecule is Cc1ccc(C(C)(N)Cc2ccc(Cl)cc2)cc1C. The second-order valence-electron chi connectivity index (χ2n) is 5.52. The molecule has 0 radical (unpaired) electrons. The molecular weight excluding hydrogens is 254 g/mol. The quantitative estimate of drug-likeness (QED) is 0.883. The minimum absolute atomic E-state index is 0.369. The predicted molar refractivity (Wildman–Crippen MR) is 82.6 cm³/mol. The number of nitrogens with two attached hydrogens (primary N) is 1. The van der Waals surface area contributed by atoms with Crippen molar-refractivity contribution < 1.29 is 0 Å². The van der Waals surface area contributed by atoms with Gasteiger partial charge in [-0.15, -0.1) is 0 Å². The van der Waals surface area contributed by atoms with Crippen LogP contribution in [0.5, 0.6) is 0 Å². The summed E-state index contributed by atoms with van der Waals surface area (Å²) in [4.78, 5) is 0. The minimum atomic E-state index is -0.369. The van der Waals surface area contributed by atoms with Crippen molar-refractivity contribution in [3.8, 4) is 0 Å². The fraction of sp³-hybridized carbons (Fsp3) is 0.294. The molecule has 0 amide bonds. The van der Waals surface area contributed by atoms with Crippen LogP contribution in [0.25, 0.3) is 0 Å². The van der Waals surface area contributed by atoms with Gasteiger partial charge in [0.2, 0.25) is 0 Å². The van der Waals surface area contributed by atoms with Gasteiger partial charge in [-0.05, 0) is 61.6 Å². The molecular formula is C17H20ClN. The Labute approximate surface area is 120 Å². The van der Waals surface area contributed by atoms with Crippen LogP contribution in [0.3, 0.4) is 0 Å². The molecule has 0 aliphatic carbocycles. The van der Waals surface area contributed by atoms with Crippen LogP contribution >= 0.6 is 11.6 Å². The van der Waals surface area contributed by atoms with Crippen molar-refractivity contribution in [2.45, 2.75) is 32.7 Å². The molecule has 19 heavy (non-hydrogen) atoms. The highest BCUT2D eigenvalue weighted by molar-refractivity contribution is 6.30. The fourth-order valence-corrected chi connectivity index (χ4v) is 2.35. The van der Waals surface area contributed by atoms with Crippen LogP contribution < -0.4 is 5.73 Å². The zero-order chi connectivity index (χ0) is 14.0. The Bertz CT molecular complexity index is 570. The molecule has 0 aliphatic heterocycles. The van der Waals surface area contributed by atoms with E-state index in [2.05, 4.69) is 39.0 Å². The summed E-state index contributed by atoms with van der Waals surface area (Å²) in [6, 6.07) is 14.3. The number of halogens is 1. The van der Waals surface area contributed by atoms with Gasteiger partial charge in [-0.1, -0.05) is 41.9 Å². The Morgan fingerprint density at radius 1 is 1.00 bits per heavy atom. The first-order chi connectivity index (χ1) is 8.88. The van der Waals surface area contributed by atoms with Crippen molar-refractivity contribution in [3.63, 3.8) is 0 Å². The van der Waals surface area contributed by atoms with Gasteiger partial charge in [-0.25, -0.2) is 0 Å². The summed E-state index contributed by atoms with van der Waals surface area (Å²) in [6.45, 7) is 6.31. The monoisotopic (exact) mass is 273 g/mol. The van der Waals surface area contributed by atoms with Crippen LogP contribution in [0.15, 0.2) is 42.5 Å². The maximum Gasteiger partial charge on any atom is 0.0421 e. The average Bonchev–Trinajstić information content (AvgIpc) is 2.35. The molecule has 1 atom stereocenters. The van der Waals surface area contributed by atoms with Gasteiger partial charge in [-0.3, -0.25) is 0 Å². The summed E-state index contributed by atoms with van der Waals surface area (Å²) in [7, 11) is 0. The molecule has 2 N–H and O–H groups in total. The van der Waals surface area contributed by atoms with Crippen LogP contribution in [0, 0.1) is 13.8 Å². The minimum Gasteiger partial charge on any atom is -0.321 e. The fourth-order valence-electron chi connectivity index (χ4n) is 2.23. The van der Waals surface area contributed by atoms with Gasteiger partial charge in [-0.2, -0.15) is 0 Å². The van der Waals surface area contributed by atoms with Crippen LogP contribution in [0.2, 0.25) is 5.02 Å². The van der Waals surface area contributed by atoms with E-state index in [0.717, 1.165) is 11.4 Å². The summed E-state index contributed by atoms with van der Waals surface area (Å²) in [5.41, 5.74) is 11.1. The third kappa shape index (κ3) is 3.37. The van der Waals surface area contributed by atoms with E-state index in [-0.39, 0.29) is 5.54 Å². The Kier molecular flexibility index (Phi) is 3.98. The van der Waals surface area contributed by atoms with E-state index in [1.165, 1.54) is 22.3 Å². The number of hydrogen-bond donors (Lipinski definition) is 1. The molecule has 2 heteroatoms. The highest BCUT2D eigenvalue weighted by Crippen LogP contribution is 2.25. The molecule has 0 heterocycles. The van der Waals surface area contributed by atoms with Gasteiger partial charge in [0.05, 0.1) is 0 Å². The number of aryl methyl sites for hydroxylation is 2. The summed E-state index contributed by atoms with van der Waals surface area (Å²) in [6.07, 6.45) is 0.798. The van der Waals surface area contributed by atoms with Crippen molar-refractivity contribution in [1.82, 2.24) is 0 Å². The van der Waals surface area contributed by atoms with Crippen LogP contribution in [-0.2, 0) is 12.0 Å². The predicted octanol–water partition coefficient (Wildman–Crippen LogP) is 4.37. The maximum atomic E-state index is 6.49. The Morgan fingerprint density at radius 2 is 1.63 bits per heavy atom. The Hall–Kier alpha value is -1.31. The molecule has 0 fully saturated rings. The van der Waals surface area contributed by atoms with E-state index in [9.17, 15) is 0 Å². The average molecular weight is 274 g/mol. The van der Waals surface area contributed by atoms with Crippen molar-refractivity contribution in [2.24, 2.45) is 5.73 Å². The van der Waals surface area contributed by atoms with E-state index >= 15 is 0 Å². The molecule has 0 saturated heterocycles. The molecule has 0 aromatic heterocycles. The van der Waals surface area contributed by atoms with E-state index in [1.54, 1.807) is 0 Å². The van der Waals surface area contributed by atoms with Crippen LogP contribution in [0.1, 0.15) is 29.2 Å². The van der Waals surface area contributed by atoms with Crippen LogP contribution in [-0.4, -0.2) is 0 Å². The second-order valence-corrected chi connectivity index (χ2v) is 5.96. The Morgan fingerprint density at radius 3 is 2.21 bits per heavy atom. The van der Waals surface area contributed by atoms with Gasteiger partial charge in [0.25, 0.3) is 0 Å². The lowest BCUT2D eigenvalue weighted by Gasteiger charge is -2.26. The van der Waals surface area contributed by atoms with Crippen molar-refractivity contribution in [2.75, 3.05) is 0 Å². The Balaban J connectivity index is 2.26. The largest absolute Gasteiger partial charge is 0.321 e. The van der Waals surface area contributed by atoms with Gasteiger partial charge < -0.3 is 5.73 Å². The normalized spacial score (nSPS) is 14.2. The van der Waals surface area contributed by atoms with E-state index in [1.807, 2.05) is 24.3 Å². The van der Waals surface area contributed by atoms with Gasteiger partial charge in [0, 0.05) is 10.6 Å². The molecule has 2 rings (SSSR count). The van der Waals surface area contributed by atoms with E-state index in [4.69, 9.17) is 17.3 Å².